The average molecular weight is 380 g/mol. The van der Waals surface area contributed by atoms with Crippen LogP contribution in [-0.2, 0) is 29.0 Å². The number of aliphatic carboxylic acids is 1. The molecule has 1 heterocycles. The molecule has 0 atom stereocenters. The van der Waals surface area contributed by atoms with E-state index in [0.29, 0.717) is 19.4 Å². The molecule has 4 rings (SSSR count). The Morgan fingerprint density at radius 1 is 1.11 bits per heavy atom. The minimum absolute atomic E-state index is 0.125. The smallest absolute Gasteiger partial charge is 0.304 e. The highest BCUT2D eigenvalue weighted by Gasteiger charge is 2.46. The predicted molar refractivity (Wildman–Crippen MR) is 105 cm³/mol. The fourth-order valence-corrected chi connectivity index (χ4v) is 5.02. The van der Waals surface area contributed by atoms with Crippen molar-refractivity contribution in [1.29, 1.82) is 0 Å². The van der Waals surface area contributed by atoms with Crippen LogP contribution >= 0.6 is 11.3 Å². The molecular formula is C21H20N2O3S. The Bertz CT molecular complexity index is 969. The molecule has 3 aromatic rings. The summed E-state index contributed by atoms with van der Waals surface area (Å²) in [6.45, 7) is 0.385. The maximum Gasteiger partial charge on any atom is 0.304 e. The summed E-state index contributed by atoms with van der Waals surface area (Å²) in [6, 6.07) is 15.7. The number of carbonyl (C=O) groups excluding carboxylic acids is 1. The van der Waals surface area contributed by atoms with Crippen LogP contribution in [0.2, 0.25) is 0 Å². The molecule has 0 radical (unpaired) electrons. The molecule has 1 aliphatic carbocycles. The van der Waals surface area contributed by atoms with Gasteiger partial charge in [0.2, 0.25) is 5.91 Å². The van der Waals surface area contributed by atoms with Crippen molar-refractivity contribution in [3.63, 3.8) is 0 Å². The van der Waals surface area contributed by atoms with Crippen LogP contribution in [0.5, 0.6) is 0 Å². The maximum absolute atomic E-state index is 13.3. The van der Waals surface area contributed by atoms with E-state index in [9.17, 15) is 14.7 Å². The van der Waals surface area contributed by atoms with E-state index in [-0.39, 0.29) is 12.3 Å². The number of aromatic nitrogens is 1. The van der Waals surface area contributed by atoms with Crippen LogP contribution < -0.4 is 0 Å². The Kier molecular flexibility index (Phi) is 4.44. The third-order valence-electron chi connectivity index (χ3n) is 5.18. The predicted octanol–water partition coefficient (Wildman–Crippen LogP) is 3.51. The largest absolute Gasteiger partial charge is 0.481 e. The van der Waals surface area contributed by atoms with Crippen molar-refractivity contribution in [2.24, 2.45) is 5.41 Å². The van der Waals surface area contributed by atoms with Crippen LogP contribution in [0, 0.1) is 5.41 Å². The highest BCUT2D eigenvalue weighted by molar-refractivity contribution is 7.18. The lowest BCUT2D eigenvalue weighted by Crippen LogP contribution is -2.44. The molecule has 0 aliphatic heterocycles. The number of amides is 1. The van der Waals surface area contributed by atoms with E-state index < -0.39 is 11.4 Å². The molecule has 27 heavy (non-hydrogen) atoms. The van der Waals surface area contributed by atoms with Gasteiger partial charge >= 0.3 is 5.97 Å². The van der Waals surface area contributed by atoms with Crippen molar-refractivity contribution < 1.29 is 14.7 Å². The van der Waals surface area contributed by atoms with Gasteiger partial charge in [-0.1, -0.05) is 36.4 Å². The molecule has 1 amide bonds. The van der Waals surface area contributed by atoms with Crippen LogP contribution in [0.25, 0.3) is 10.2 Å². The monoisotopic (exact) mass is 380 g/mol. The van der Waals surface area contributed by atoms with E-state index in [0.717, 1.165) is 26.4 Å². The number of rotatable bonds is 5. The van der Waals surface area contributed by atoms with E-state index in [2.05, 4.69) is 4.98 Å². The standard InChI is InChI=1S/C21H20N2O3S/c1-23(13-18-22-16-8-4-5-9-17(16)27-18)20(26)21(12-19(24)25)10-14-6-2-3-7-15(14)11-21/h2-9H,10-13H2,1H3,(H,24,25). The lowest BCUT2D eigenvalue weighted by molar-refractivity contribution is -0.150. The first-order valence-electron chi connectivity index (χ1n) is 8.85. The molecule has 5 nitrogen and oxygen atoms in total. The summed E-state index contributed by atoms with van der Waals surface area (Å²) < 4.78 is 1.09. The van der Waals surface area contributed by atoms with Gasteiger partial charge in [-0.2, -0.15) is 0 Å². The summed E-state index contributed by atoms with van der Waals surface area (Å²) >= 11 is 1.56. The van der Waals surface area contributed by atoms with E-state index in [4.69, 9.17) is 0 Å². The number of carbonyl (C=O) groups is 2. The quantitative estimate of drug-likeness (QED) is 0.735. The zero-order valence-corrected chi connectivity index (χ0v) is 15.8. The summed E-state index contributed by atoms with van der Waals surface area (Å²) in [4.78, 5) is 31.1. The minimum atomic E-state index is -0.940. The fourth-order valence-electron chi connectivity index (χ4n) is 4.00. The molecular weight excluding hydrogens is 360 g/mol. The van der Waals surface area contributed by atoms with Gasteiger partial charge in [0.05, 0.1) is 28.6 Å². The number of carboxylic acids is 1. The topological polar surface area (TPSA) is 70.5 Å². The van der Waals surface area contributed by atoms with Gasteiger partial charge in [0, 0.05) is 7.05 Å². The molecule has 0 fully saturated rings. The normalized spacial score (nSPS) is 14.9. The Morgan fingerprint density at radius 3 is 2.37 bits per heavy atom. The molecule has 0 unspecified atom stereocenters. The molecule has 0 saturated heterocycles. The van der Waals surface area contributed by atoms with Crippen LogP contribution in [0.15, 0.2) is 48.5 Å². The molecule has 1 N–H and O–H groups in total. The second-order valence-corrected chi connectivity index (χ2v) is 8.32. The van der Waals surface area contributed by atoms with E-state index in [1.807, 2.05) is 48.5 Å². The van der Waals surface area contributed by atoms with Gasteiger partial charge in [0.1, 0.15) is 5.01 Å². The molecule has 1 aliphatic rings. The molecule has 0 bridgehead atoms. The molecule has 6 heteroatoms. The number of benzene rings is 2. The lowest BCUT2D eigenvalue weighted by Gasteiger charge is -2.30. The first kappa shape index (κ1) is 17.7. The van der Waals surface area contributed by atoms with Crippen LogP contribution in [-0.4, -0.2) is 33.9 Å². The van der Waals surface area contributed by atoms with Crippen molar-refractivity contribution in [1.82, 2.24) is 9.88 Å². The fraction of sp³-hybridized carbons (Fsp3) is 0.286. The minimum Gasteiger partial charge on any atom is -0.481 e. The first-order valence-corrected chi connectivity index (χ1v) is 9.67. The maximum atomic E-state index is 13.3. The Balaban J connectivity index is 1.59. The summed E-state index contributed by atoms with van der Waals surface area (Å²) in [7, 11) is 1.74. The van der Waals surface area contributed by atoms with Gasteiger partial charge in [0.25, 0.3) is 0 Å². The zero-order valence-electron chi connectivity index (χ0n) is 15.0. The van der Waals surface area contributed by atoms with Crippen LogP contribution in [0.3, 0.4) is 0 Å². The number of thiazole rings is 1. The lowest BCUT2D eigenvalue weighted by atomic mass is 9.80. The van der Waals surface area contributed by atoms with Gasteiger partial charge in [-0.25, -0.2) is 4.98 Å². The molecule has 2 aromatic carbocycles. The van der Waals surface area contributed by atoms with Crippen molar-refractivity contribution in [3.05, 3.63) is 64.7 Å². The first-order chi connectivity index (χ1) is 13.0. The summed E-state index contributed by atoms with van der Waals surface area (Å²) in [5, 5.41) is 10.3. The Morgan fingerprint density at radius 2 is 1.74 bits per heavy atom. The summed E-state index contributed by atoms with van der Waals surface area (Å²) in [5.41, 5.74) is 2.15. The van der Waals surface area contributed by atoms with Crippen molar-refractivity contribution in [2.75, 3.05) is 7.05 Å². The average Bonchev–Trinajstić information content (AvgIpc) is 3.20. The van der Waals surface area contributed by atoms with Crippen molar-refractivity contribution >= 4 is 33.4 Å². The van der Waals surface area contributed by atoms with E-state index >= 15 is 0 Å². The van der Waals surface area contributed by atoms with Gasteiger partial charge in [-0.3, -0.25) is 9.59 Å². The van der Waals surface area contributed by atoms with Crippen molar-refractivity contribution in [3.8, 4) is 0 Å². The van der Waals surface area contributed by atoms with Crippen LogP contribution in [0.4, 0.5) is 0 Å². The van der Waals surface area contributed by atoms with Crippen molar-refractivity contribution in [2.45, 2.75) is 25.8 Å². The number of hydrogen-bond donors (Lipinski definition) is 1. The van der Waals surface area contributed by atoms with E-state index in [1.54, 1.807) is 23.3 Å². The number of para-hydroxylation sites is 1. The number of nitrogens with zero attached hydrogens (tertiary/aromatic N) is 2. The zero-order chi connectivity index (χ0) is 19.0. The SMILES string of the molecule is CN(Cc1nc2ccccc2s1)C(=O)C1(CC(=O)O)Cc2ccccc2C1. The second-order valence-electron chi connectivity index (χ2n) is 7.21. The third kappa shape index (κ3) is 3.32. The molecule has 0 saturated carbocycles. The number of carboxylic acid groups (broad SMARTS) is 1. The second kappa shape index (κ2) is 6.78. The molecule has 0 spiro atoms. The van der Waals surface area contributed by atoms with Crippen LogP contribution in [0.1, 0.15) is 22.6 Å². The summed E-state index contributed by atoms with van der Waals surface area (Å²) in [6.07, 6.45) is 0.779. The third-order valence-corrected chi connectivity index (χ3v) is 6.20. The van der Waals surface area contributed by atoms with Gasteiger partial charge < -0.3 is 10.0 Å². The highest BCUT2D eigenvalue weighted by atomic mass is 32.1. The number of hydrogen-bond acceptors (Lipinski definition) is 4. The van der Waals surface area contributed by atoms with E-state index in [1.165, 1.54) is 0 Å². The highest BCUT2D eigenvalue weighted by Crippen LogP contribution is 2.41. The number of fused-ring (bicyclic) bond motifs is 2. The molecule has 138 valence electrons. The summed E-state index contributed by atoms with van der Waals surface area (Å²) in [5.74, 6) is -1.06. The Hall–Kier alpha value is -2.73. The van der Waals surface area contributed by atoms with Gasteiger partial charge in [-0.05, 0) is 36.1 Å². The van der Waals surface area contributed by atoms with Gasteiger partial charge in [-0.15, -0.1) is 11.3 Å². The molecule has 1 aromatic heterocycles. The van der Waals surface area contributed by atoms with Gasteiger partial charge in [0.15, 0.2) is 0 Å². The Labute approximate surface area is 161 Å².